The normalized spacial score (nSPS) is 12.5. The third kappa shape index (κ3) is 4.35. The van der Waals surface area contributed by atoms with E-state index in [9.17, 15) is 4.39 Å². The molecule has 17 heavy (non-hydrogen) atoms. The lowest BCUT2D eigenvalue weighted by Gasteiger charge is -2.23. The van der Waals surface area contributed by atoms with E-state index in [-0.39, 0.29) is 5.82 Å². The molecule has 3 heteroatoms. The average Bonchev–Trinajstić information content (AvgIpc) is 2.28. The topological polar surface area (TPSA) is 15.3 Å². The highest BCUT2D eigenvalue weighted by molar-refractivity contribution is 5.48. The first-order valence-electron chi connectivity index (χ1n) is 6.22. The van der Waals surface area contributed by atoms with Crippen molar-refractivity contribution in [1.29, 1.82) is 0 Å². The van der Waals surface area contributed by atoms with Crippen molar-refractivity contribution in [2.45, 2.75) is 26.8 Å². The molecule has 0 saturated carbocycles. The molecule has 1 rings (SSSR count). The Morgan fingerprint density at radius 2 is 2.06 bits per heavy atom. The fourth-order valence-electron chi connectivity index (χ4n) is 1.86. The monoisotopic (exact) mass is 238 g/mol. The number of nitrogens with one attached hydrogen (secondary N) is 1. The van der Waals surface area contributed by atoms with Crippen LogP contribution in [-0.4, -0.2) is 20.6 Å². The maximum Gasteiger partial charge on any atom is 0.125 e. The van der Waals surface area contributed by atoms with Gasteiger partial charge in [0, 0.05) is 25.8 Å². The lowest BCUT2D eigenvalue weighted by Crippen LogP contribution is -2.24. The second-order valence-corrected chi connectivity index (χ2v) is 4.74. The minimum Gasteiger partial charge on any atom is -0.374 e. The summed E-state index contributed by atoms with van der Waals surface area (Å²) >= 11 is 0. The molecule has 0 fully saturated rings. The Morgan fingerprint density at radius 1 is 1.35 bits per heavy atom. The molecule has 0 spiro atoms. The van der Waals surface area contributed by atoms with Crippen LogP contribution in [0.1, 0.15) is 25.8 Å². The van der Waals surface area contributed by atoms with E-state index < -0.39 is 0 Å². The Morgan fingerprint density at radius 3 is 2.65 bits per heavy atom. The Labute approximate surface area is 104 Å². The molecule has 0 bridgehead atoms. The molecule has 0 saturated heterocycles. The quantitative estimate of drug-likeness (QED) is 0.819. The van der Waals surface area contributed by atoms with Crippen LogP contribution in [0.5, 0.6) is 0 Å². The summed E-state index contributed by atoms with van der Waals surface area (Å²) in [6.07, 6.45) is 1.14. The van der Waals surface area contributed by atoms with E-state index in [2.05, 4.69) is 24.1 Å². The van der Waals surface area contributed by atoms with Gasteiger partial charge in [0.25, 0.3) is 0 Å². The van der Waals surface area contributed by atoms with Crippen LogP contribution in [0.4, 0.5) is 10.1 Å². The van der Waals surface area contributed by atoms with Crippen LogP contribution in [0.25, 0.3) is 0 Å². The summed E-state index contributed by atoms with van der Waals surface area (Å²) in [5, 5.41) is 3.04. The first kappa shape index (κ1) is 14.0. The van der Waals surface area contributed by atoms with Crippen LogP contribution in [-0.2, 0) is 6.54 Å². The minimum atomic E-state index is -0.163. The van der Waals surface area contributed by atoms with Crippen LogP contribution in [0.3, 0.4) is 0 Å². The number of hydrogen-bond acceptors (Lipinski definition) is 2. The molecule has 1 aromatic rings. The van der Waals surface area contributed by atoms with Crippen molar-refractivity contribution in [2.24, 2.45) is 5.92 Å². The summed E-state index contributed by atoms with van der Waals surface area (Å²) in [5.41, 5.74) is 1.94. The molecule has 2 nitrogen and oxygen atoms in total. The summed E-state index contributed by atoms with van der Waals surface area (Å²) in [6, 6.07) is 5.22. The fourth-order valence-corrected chi connectivity index (χ4v) is 1.86. The zero-order chi connectivity index (χ0) is 12.8. The van der Waals surface area contributed by atoms with Gasteiger partial charge in [0.2, 0.25) is 0 Å². The molecule has 0 aliphatic heterocycles. The van der Waals surface area contributed by atoms with Crippen molar-refractivity contribution < 1.29 is 4.39 Å². The van der Waals surface area contributed by atoms with Gasteiger partial charge < -0.3 is 10.2 Å². The Kier molecular flexibility index (Phi) is 5.42. The molecule has 0 radical (unpaired) electrons. The van der Waals surface area contributed by atoms with E-state index in [4.69, 9.17) is 0 Å². The number of benzene rings is 1. The van der Waals surface area contributed by atoms with Gasteiger partial charge in [-0.2, -0.15) is 0 Å². The maximum absolute atomic E-state index is 13.5. The van der Waals surface area contributed by atoms with Gasteiger partial charge in [-0.15, -0.1) is 0 Å². The third-order valence-corrected chi connectivity index (χ3v) is 3.05. The molecular formula is C14H23FN2. The molecule has 0 aromatic heterocycles. The Bertz CT molecular complexity index is 352. The SMILES string of the molecule is CCC(C)CN(C)c1cc(F)cc(CNC)c1. The summed E-state index contributed by atoms with van der Waals surface area (Å²) in [5.74, 6) is 0.458. The van der Waals surface area contributed by atoms with Crippen LogP contribution in [0.15, 0.2) is 18.2 Å². The van der Waals surface area contributed by atoms with Gasteiger partial charge >= 0.3 is 0 Å². The fraction of sp³-hybridized carbons (Fsp3) is 0.571. The molecule has 1 aromatic carbocycles. The van der Waals surface area contributed by atoms with Crippen LogP contribution in [0.2, 0.25) is 0 Å². The molecule has 0 aliphatic rings. The second kappa shape index (κ2) is 6.60. The molecule has 1 unspecified atom stereocenters. The van der Waals surface area contributed by atoms with Gasteiger partial charge in [-0.25, -0.2) is 4.39 Å². The first-order chi connectivity index (χ1) is 8.06. The lowest BCUT2D eigenvalue weighted by molar-refractivity contribution is 0.558. The standard InChI is InChI=1S/C14H23FN2/c1-5-11(2)10-17(4)14-7-12(9-16-3)6-13(15)8-14/h6-8,11,16H,5,9-10H2,1-4H3. The average molecular weight is 238 g/mol. The largest absolute Gasteiger partial charge is 0.374 e. The van der Waals surface area contributed by atoms with Gasteiger partial charge in [-0.05, 0) is 36.7 Å². The smallest absolute Gasteiger partial charge is 0.125 e. The summed E-state index contributed by atoms with van der Waals surface area (Å²) in [6.45, 7) is 6.04. The zero-order valence-corrected chi connectivity index (χ0v) is 11.3. The first-order valence-corrected chi connectivity index (χ1v) is 6.22. The molecule has 0 aliphatic carbocycles. The van der Waals surface area contributed by atoms with Crippen LogP contribution >= 0.6 is 0 Å². The van der Waals surface area contributed by atoms with Crippen molar-refractivity contribution in [1.82, 2.24) is 5.32 Å². The van der Waals surface area contributed by atoms with E-state index in [0.29, 0.717) is 12.5 Å². The van der Waals surface area contributed by atoms with Crippen LogP contribution in [0, 0.1) is 11.7 Å². The van der Waals surface area contributed by atoms with Crippen LogP contribution < -0.4 is 10.2 Å². The predicted molar refractivity (Wildman–Crippen MR) is 71.9 cm³/mol. The zero-order valence-electron chi connectivity index (χ0n) is 11.3. The van der Waals surface area contributed by atoms with E-state index >= 15 is 0 Å². The van der Waals surface area contributed by atoms with Gasteiger partial charge in [0.1, 0.15) is 5.82 Å². The maximum atomic E-state index is 13.5. The molecule has 1 atom stereocenters. The highest BCUT2D eigenvalue weighted by atomic mass is 19.1. The van der Waals surface area contributed by atoms with Crippen molar-refractivity contribution in [3.8, 4) is 0 Å². The molecule has 96 valence electrons. The Hall–Kier alpha value is -1.09. The van der Waals surface area contributed by atoms with Gasteiger partial charge in [-0.1, -0.05) is 20.3 Å². The van der Waals surface area contributed by atoms with E-state index in [1.807, 2.05) is 20.2 Å². The van der Waals surface area contributed by atoms with E-state index in [1.54, 1.807) is 12.1 Å². The van der Waals surface area contributed by atoms with Crippen molar-refractivity contribution in [3.05, 3.63) is 29.6 Å². The summed E-state index contributed by atoms with van der Waals surface area (Å²) in [4.78, 5) is 2.12. The van der Waals surface area contributed by atoms with Crippen molar-refractivity contribution in [2.75, 3.05) is 25.5 Å². The van der Waals surface area contributed by atoms with Gasteiger partial charge in [0.05, 0.1) is 0 Å². The molecule has 1 N–H and O–H groups in total. The number of halogens is 1. The molecule has 0 amide bonds. The van der Waals surface area contributed by atoms with Crippen molar-refractivity contribution >= 4 is 5.69 Å². The highest BCUT2D eigenvalue weighted by Gasteiger charge is 2.08. The molecular weight excluding hydrogens is 215 g/mol. The number of anilines is 1. The second-order valence-electron chi connectivity index (χ2n) is 4.74. The minimum absolute atomic E-state index is 0.163. The van der Waals surface area contributed by atoms with E-state index in [1.165, 1.54) is 0 Å². The highest BCUT2D eigenvalue weighted by Crippen LogP contribution is 2.19. The number of nitrogens with zero attached hydrogens (tertiary/aromatic N) is 1. The Balaban J connectivity index is 2.81. The van der Waals surface area contributed by atoms with E-state index in [0.717, 1.165) is 24.2 Å². The third-order valence-electron chi connectivity index (χ3n) is 3.05. The predicted octanol–water partition coefficient (Wildman–Crippen LogP) is 3.03. The van der Waals surface area contributed by atoms with Gasteiger partial charge in [0.15, 0.2) is 0 Å². The van der Waals surface area contributed by atoms with Crippen molar-refractivity contribution in [3.63, 3.8) is 0 Å². The number of rotatable bonds is 6. The lowest BCUT2D eigenvalue weighted by atomic mass is 10.1. The van der Waals surface area contributed by atoms with Gasteiger partial charge in [-0.3, -0.25) is 0 Å². The summed E-state index contributed by atoms with van der Waals surface area (Å²) in [7, 11) is 3.89. The summed E-state index contributed by atoms with van der Waals surface area (Å²) < 4.78 is 13.5. The number of hydrogen-bond donors (Lipinski definition) is 1. The molecule has 0 heterocycles.